The van der Waals surface area contributed by atoms with E-state index in [1.54, 1.807) is 4.90 Å². The van der Waals surface area contributed by atoms with E-state index in [2.05, 4.69) is 0 Å². The van der Waals surface area contributed by atoms with E-state index in [0.717, 1.165) is 15.5 Å². The van der Waals surface area contributed by atoms with Gasteiger partial charge in [-0.1, -0.05) is 18.2 Å². The number of benzene rings is 1. The molecule has 0 radical (unpaired) electrons. The molecule has 2 amide bonds. The summed E-state index contributed by atoms with van der Waals surface area (Å²) in [5.41, 5.74) is -0.498. The van der Waals surface area contributed by atoms with Gasteiger partial charge in [0.05, 0.1) is 13.0 Å². The van der Waals surface area contributed by atoms with Crippen LogP contribution in [0.25, 0.3) is 10.2 Å². The van der Waals surface area contributed by atoms with E-state index >= 15 is 0 Å². The van der Waals surface area contributed by atoms with Gasteiger partial charge in [-0.05, 0) is 18.2 Å². The Morgan fingerprint density at radius 2 is 1.73 bits per heavy atom. The van der Waals surface area contributed by atoms with E-state index in [1.807, 2.05) is 30.3 Å². The smallest absolute Gasteiger partial charge is 0.341 e. The molecule has 10 heteroatoms. The molecule has 1 aliphatic rings. The van der Waals surface area contributed by atoms with Crippen LogP contribution in [0.5, 0.6) is 5.75 Å². The van der Waals surface area contributed by atoms with Crippen molar-refractivity contribution in [2.75, 3.05) is 32.8 Å². The number of hydrogen-bond donors (Lipinski definition) is 0. The van der Waals surface area contributed by atoms with Gasteiger partial charge < -0.3 is 19.7 Å². The predicted octanol–water partition coefficient (Wildman–Crippen LogP) is 1.28. The van der Waals surface area contributed by atoms with Crippen LogP contribution >= 0.6 is 11.5 Å². The molecule has 0 N–H and O–H groups in total. The number of piperazine rings is 1. The molecule has 4 rings (SSSR count). The van der Waals surface area contributed by atoms with Crippen molar-refractivity contribution < 1.29 is 19.1 Å². The Bertz CT molecular complexity index is 1120. The molecule has 0 bridgehead atoms. The van der Waals surface area contributed by atoms with Gasteiger partial charge in [-0.25, -0.2) is 4.79 Å². The number of ether oxygens (including phenoxy) is 1. The van der Waals surface area contributed by atoms with Crippen LogP contribution in [-0.4, -0.2) is 58.5 Å². The second kappa shape index (κ2) is 8.54. The predicted molar refractivity (Wildman–Crippen MR) is 111 cm³/mol. The van der Waals surface area contributed by atoms with Crippen LogP contribution in [0.15, 0.2) is 53.5 Å². The van der Waals surface area contributed by atoms with Gasteiger partial charge in [0.2, 0.25) is 5.91 Å². The number of carbonyl (C=O) groups is 2. The number of fused-ring (bicyclic) bond motifs is 1. The number of nitrogens with zero attached hydrogens (tertiary/aromatic N) is 4. The van der Waals surface area contributed by atoms with Gasteiger partial charge in [0.25, 0.3) is 5.56 Å². The summed E-state index contributed by atoms with van der Waals surface area (Å²) in [5.74, 6) is 0.679. The molecule has 30 heavy (non-hydrogen) atoms. The first-order valence-corrected chi connectivity index (χ1v) is 10.3. The highest BCUT2D eigenvalue weighted by molar-refractivity contribution is 7.13. The van der Waals surface area contributed by atoms with Crippen LogP contribution in [-0.2, 0) is 4.79 Å². The first-order valence-electron chi connectivity index (χ1n) is 9.54. The zero-order valence-corrected chi connectivity index (χ0v) is 16.9. The third-order valence-corrected chi connectivity index (χ3v) is 5.99. The average Bonchev–Trinajstić information content (AvgIpc) is 3.12. The maximum Gasteiger partial charge on any atom is 0.341 e. The van der Waals surface area contributed by atoms with Crippen LogP contribution in [0, 0.1) is 5.21 Å². The minimum atomic E-state index is -0.498. The Kier molecular flexibility index (Phi) is 5.66. The monoisotopic (exact) mass is 428 g/mol. The maximum absolute atomic E-state index is 12.8. The summed E-state index contributed by atoms with van der Waals surface area (Å²) in [6, 6.07) is 11.8. The molecule has 3 heterocycles. The van der Waals surface area contributed by atoms with Gasteiger partial charge in [-0.2, -0.15) is 8.69 Å². The molecule has 9 nitrogen and oxygen atoms in total. The van der Waals surface area contributed by atoms with E-state index in [-0.39, 0.29) is 29.2 Å². The molecule has 0 saturated carbocycles. The number of aromatic nitrogens is 2. The van der Waals surface area contributed by atoms with Gasteiger partial charge >= 0.3 is 10.9 Å². The van der Waals surface area contributed by atoms with Crippen molar-refractivity contribution in [3.05, 3.63) is 64.2 Å². The standard InChI is InChI=1S/C20H20N4O5S/c25-17(8-14-29-15-5-2-1-3-6-15)21-10-12-22(13-11-21)20(27)24-18(26)16-7-4-9-23(28)19(16)30-24/h1-7,9H,8,10-14H2. The number of pyridine rings is 1. The lowest BCUT2D eigenvalue weighted by atomic mass is 10.3. The number of hydrogen-bond acceptors (Lipinski definition) is 6. The second-order valence-electron chi connectivity index (χ2n) is 6.81. The minimum Gasteiger partial charge on any atom is -0.618 e. The van der Waals surface area contributed by atoms with Crippen molar-refractivity contribution in [2.45, 2.75) is 6.42 Å². The van der Waals surface area contributed by atoms with Crippen molar-refractivity contribution in [3.8, 4) is 5.75 Å². The second-order valence-corrected chi connectivity index (χ2v) is 7.74. The number of rotatable bonds is 4. The summed E-state index contributed by atoms with van der Waals surface area (Å²) in [4.78, 5) is 41.0. The third kappa shape index (κ3) is 3.99. The summed E-state index contributed by atoms with van der Waals surface area (Å²) >= 11 is 0.835. The normalized spacial score (nSPS) is 14.1. The Hall–Kier alpha value is -3.40. The summed E-state index contributed by atoms with van der Waals surface area (Å²) in [6.07, 6.45) is 1.54. The fourth-order valence-electron chi connectivity index (χ4n) is 3.30. The average molecular weight is 428 g/mol. The molecule has 0 atom stereocenters. The molecule has 0 spiro atoms. The van der Waals surface area contributed by atoms with Crippen molar-refractivity contribution in [2.24, 2.45) is 0 Å². The SMILES string of the molecule is O=C(CCOc1ccccc1)N1CCN(C(=O)n2sc3c(ccc[n+]3[O-])c2=O)CC1. The largest absolute Gasteiger partial charge is 0.618 e. The number of carbonyl (C=O) groups excluding carboxylic acids is 2. The Morgan fingerprint density at radius 3 is 2.43 bits per heavy atom. The Labute approximate surface area is 176 Å². The third-order valence-electron chi connectivity index (χ3n) is 4.91. The molecule has 3 aromatic rings. The highest BCUT2D eigenvalue weighted by atomic mass is 32.1. The lowest BCUT2D eigenvalue weighted by Crippen LogP contribution is -2.52. The molecule has 1 saturated heterocycles. The van der Waals surface area contributed by atoms with Crippen molar-refractivity contribution >= 4 is 33.7 Å². The van der Waals surface area contributed by atoms with Gasteiger partial charge in [-0.15, -0.1) is 0 Å². The Balaban J connectivity index is 1.32. The Morgan fingerprint density at radius 1 is 1.03 bits per heavy atom. The van der Waals surface area contributed by atoms with Crippen molar-refractivity contribution in [1.82, 2.24) is 13.8 Å². The lowest BCUT2D eigenvalue weighted by Gasteiger charge is -2.34. The van der Waals surface area contributed by atoms with E-state index < -0.39 is 11.6 Å². The zero-order chi connectivity index (χ0) is 21.1. The molecule has 1 fully saturated rings. The topological polar surface area (TPSA) is 98.8 Å². The quantitative estimate of drug-likeness (QED) is 0.460. The molecule has 0 unspecified atom stereocenters. The van der Waals surface area contributed by atoms with Gasteiger partial charge in [0, 0.05) is 43.8 Å². The van der Waals surface area contributed by atoms with Gasteiger partial charge in [0.1, 0.15) is 11.1 Å². The molecule has 156 valence electrons. The number of amides is 2. The fraction of sp³-hybridized carbons (Fsp3) is 0.300. The lowest BCUT2D eigenvalue weighted by molar-refractivity contribution is -0.574. The molecular weight excluding hydrogens is 408 g/mol. The van der Waals surface area contributed by atoms with Crippen LogP contribution in [0.1, 0.15) is 6.42 Å². The fourth-order valence-corrected chi connectivity index (χ4v) is 4.24. The van der Waals surface area contributed by atoms with E-state index in [0.29, 0.717) is 36.7 Å². The number of para-hydroxylation sites is 1. The summed E-state index contributed by atoms with van der Waals surface area (Å²) in [6.45, 7) is 1.70. The summed E-state index contributed by atoms with van der Waals surface area (Å²) in [7, 11) is 0. The van der Waals surface area contributed by atoms with Crippen LogP contribution in [0.2, 0.25) is 0 Å². The highest BCUT2D eigenvalue weighted by Crippen LogP contribution is 2.14. The molecule has 2 aromatic heterocycles. The van der Waals surface area contributed by atoms with E-state index in [9.17, 15) is 19.6 Å². The van der Waals surface area contributed by atoms with Gasteiger partial charge in [0.15, 0.2) is 6.20 Å². The zero-order valence-electron chi connectivity index (χ0n) is 16.1. The summed E-state index contributed by atoms with van der Waals surface area (Å²) < 4.78 is 7.15. The highest BCUT2D eigenvalue weighted by Gasteiger charge is 2.28. The van der Waals surface area contributed by atoms with E-state index in [1.165, 1.54) is 23.2 Å². The van der Waals surface area contributed by atoms with Crippen LogP contribution < -0.4 is 15.0 Å². The van der Waals surface area contributed by atoms with E-state index in [4.69, 9.17) is 4.74 Å². The summed E-state index contributed by atoms with van der Waals surface area (Å²) in [5, 5.41) is 12.1. The van der Waals surface area contributed by atoms with Crippen LogP contribution in [0.4, 0.5) is 4.79 Å². The first kappa shape index (κ1) is 19.9. The molecule has 0 aliphatic carbocycles. The van der Waals surface area contributed by atoms with Crippen LogP contribution in [0.3, 0.4) is 0 Å². The maximum atomic E-state index is 12.8. The van der Waals surface area contributed by atoms with Gasteiger partial charge in [-0.3, -0.25) is 9.59 Å². The molecular formula is C20H20N4O5S. The first-order chi connectivity index (χ1) is 14.5. The van der Waals surface area contributed by atoms with Crippen molar-refractivity contribution in [1.29, 1.82) is 0 Å². The van der Waals surface area contributed by atoms with Crippen molar-refractivity contribution in [3.63, 3.8) is 0 Å². The minimum absolute atomic E-state index is 0.0375. The molecule has 1 aliphatic heterocycles. The molecule has 1 aromatic carbocycles.